The number of carboxylic acid groups (broad SMARTS) is 1. The Morgan fingerprint density at radius 1 is 1.29 bits per heavy atom. The Hall–Kier alpha value is -2.37. The highest BCUT2D eigenvalue weighted by Crippen LogP contribution is 2.29. The van der Waals surface area contributed by atoms with Crippen molar-refractivity contribution in [3.63, 3.8) is 0 Å². The lowest BCUT2D eigenvalue weighted by Gasteiger charge is -2.25. The van der Waals surface area contributed by atoms with Crippen LogP contribution in [-0.2, 0) is 16.0 Å². The summed E-state index contributed by atoms with van der Waals surface area (Å²) in [5, 5.41) is 13.0. The van der Waals surface area contributed by atoms with Crippen molar-refractivity contribution in [2.45, 2.75) is 32.1 Å². The molecule has 0 spiro atoms. The number of benzene rings is 1. The molecule has 24 heavy (non-hydrogen) atoms. The van der Waals surface area contributed by atoms with Crippen LogP contribution in [0.3, 0.4) is 0 Å². The van der Waals surface area contributed by atoms with Gasteiger partial charge in [-0.1, -0.05) is 6.42 Å². The number of aromatic nitrogens is 1. The predicted octanol–water partition coefficient (Wildman–Crippen LogP) is 2.86. The third kappa shape index (κ3) is 3.58. The van der Waals surface area contributed by atoms with Gasteiger partial charge in [-0.25, -0.2) is 4.39 Å². The lowest BCUT2D eigenvalue weighted by Crippen LogP contribution is -2.36. The fraction of sp³-hybridized carbons (Fsp3) is 0.444. The first-order chi connectivity index (χ1) is 11.5. The van der Waals surface area contributed by atoms with E-state index in [0.717, 1.165) is 29.3 Å². The van der Waals surface area contributed by atoms with Crippen LogP contribution >= 0.6 is 0 Å². The fourth-order valence-electron chi connectivity index (χ4n) is 3.48. The van der Waals surface area contributed by atoms with Crippen molar-refractivity contribution < 1.29 is 19.1 Å². The molecule has 1 aromatic carbocycles. The molecule has 128 valence electrons. The average molecular weight is 332 g/mol. The van der Waals surface area contributed by atoms with Gasteiger partial charge in [0.05, 0.1) is 5.92 Å². The van der Waals surface area contributed by atoms with E-state index in [9.17, 15) is 14.0 Å². The van der Waals surface area contributed by atoms with Crippen LogP contribution in [0.1, 0.15) is 31.2 Å². The minimum absolute atomic E-state index is 0.0631. The minimum atomic E-state index is -0.807. The second-order valence-corrected chi connectivity index (χ2v) is 6.44. The first kappa shape index (κ1) is 16.5. The standard InChI is InChI=1S/C18H21FN2O3/c19-14-4-5-15-13(10-21-16(15)9-14)6-7-20-17(22)11-2-1-3-12(8-11)18(23)24/h4-5,9-12,21H,1-3,6-8H2,(H,20,22)(H,23,24). The van der Waals surface area contributed by atoms with Crippen molar-refractivity contribution in [3.05, 3.63) is 35.8 Å². The number of fused-ring (bicyclic) bond motifs is 1. The van der Waals surface area contributed by atoms with E-state index in [1.165, 1.54) is 12.1 Å². The lowest BCUT2D eigenvalue weighted by molar-refractivity contribution is -0.144. The van der Waals surface area contributed by atoms with Crippen LogP contribution in [0.15, 0.2) is 24.4 Å². The maximum atomic E-state index is 13.2. The van der Waals surface area contributed by atoms with Crippen LogP contribution in [0.25, 0.3) is 10.9 Å². The van der Waals surface area contributed by atoms with Gasteiger partial charge < -0.3 is 15.4 Å². The van der Waals surface area contributed by atoms with Crippen molar-refractivity contribution in [2.75, 3.05) is 6.54 Å². The molecule has 1 aromatic heterocycles. The van der Waals surface area contributed by atoms with Gasteiger partial charge in [-0.05, 0) is 49.4 Å². The van der Waals surface area contributed by atoms with E-state index in [1.54, 1.807) is 6.07 Å². The summed E-state index contributed by atoms with van der Waals surface area (Å²) in [6.45, 7) is 0.484. The van der Waals surface area contributed by atoms with Crippen molar-refractivity contribution in [1.82, 2.24) is 10.3 Å². The maximum absolute atomic E-state index is 13.2. The zero-order chi connectivity index (χ0) is 17.1. The highest BCUT2D eigenvalue weighted by molar-refractivity contribution is 5.83. The summed E-state index contributed by atoms with van der Waals surface area (Å²) in [5.74, 6) is -1.77. The molecule has 1 fully saturated rings. The smallest absolute Gasteiger partial charge is 0.306 e. The Balaban J connectivity index is 1.53. The van der Waals surface area contributed by atoms with E-state index in [1.807, 2.05) is 6.20 Å². The van der Waals surface area contributed by atoms with Crippen LogP contribution < -0.4 is 5.32 Å². The Morgan fingerprint density at radius 3 is 2.88 bits per heavy atom. The molecule has 0 bridgehead atoms. The number of hydrogen-bond acceptors (Lipinski definition) is 2. The van der Waals surface area contributed by atoms with E-state index in [4.69, 9.17) is 5.11 Å². The zero-order valence-corrected chi connectivity index (χ0v) is 13.3. The number of amides is 1. The number of H-pyrrole nitrogens is 1. The van der Waals surface area contributed by atoms with Crippen LogP contribution in [0.4, 0.5) is 4.39 Å². The van der Waals surface area contributed by atoms with Crippen molar-refractivity contribution in [1.29, 1.82) is 0 Å². The van der Waals surface area contributed by atoms with Crippen molar-refractivity contribution >= 4 is 22.8 Å². The van der Waals surface area contributed by atoms with Gasteiger partial charge in [0.2, 0.25) is 5.91 Å². The molecule has 2 aromatic rings. The van der Waals surface area contributed by atoms with E-state index in [-0.39, 0.29) is 17.6 Å². The minimum Gasteiger partial charge on any atom is -0.481 e. The lowest BCUT2D eigenvalue weighted by atomic mass is 9.81. The number of carbonyl (C=O) groups is 2. The van der Waals surface area contributed by atoms with Gasteiger partial charge in [-0.2, -0.15) is 0 Å². The largest absolute Gasteiger partial charge is 0.481 e. The van der Waals surface area contributed by atoms with Crippen LogP contribution in [0.2, 0.25) is 0 Å². The summed E-state index contributed by atoms with van der Waals surface area (Å²) in [5.41, 5.74) is 1.77. The SMILES string of the molecule is O=C(O)C1CCCC(C(=O)NCCc2c[nH]c3cc(F)ccc23)C1. The molecule has 1 heterocycles. The predicted molar refractivity (Wildman–Crippen MR) is 88.1 cm³/mol. The molecule has 5 nitrogen and oxygen atoms in total. The summed E-state index contributed by atoms with van der Waals surface area (Å²) in [6, 6.07) is 4.61. The number of aromatic amines is 1. The Kier molecular flexibility index (Phi) is 4.83. The molecule has 6 heteroatoms. The number of halogens is 1. The molecule has 3 rings (SSSR count). The van der Waals surface area contributed by atoms with E-state index in [0.29, 0.717) is 25.8 Å². The Bertz CT molecular complexity index is 756. The van der Waals surface area contributed by atoms with Gasteiger partial charge in [0.15, 0.2) is 0 Å². The van der Waals surface area contributed by atoms with Crippen LogP contribution in [-0.4, -0.2) is 28.5 Å². The Morgan fingerprint density at radius 2 is 2.08 bits per heavy atom. The number of rotatable bonds is 5. The van der Waals surface area contributed by atoms with E-state index >= 15 is 0 Å². The maximum Gasteiger partial charge on any atom is 0.306 e. The molecule has 0 aliphatic heterocycles. The number of nitrogens with one attached hydrogen (secondary N) is 2. The summed E-state index contributed by atoms with van der Waals surface area (Å²) in [7, 11) is 0. The molecule has 0 saturated heterocycles. The second-order valence-electron chi connectivity index (χ2n) is 6.44. The summed E-state index contributed by atoms with van der Waals surface area (Å²) < 4.78 is 13.2. The number of carbonyl (C=O) groups excluding carboxylic acids is 1. The first-order valence-electron chi connectivity index (χ1n) is 8.30. The van der Waals surface area contributed by atoms with Gasteiger partial charge >= 0.3 is 5.97 Å². The number of hydrogen-bond donors (Lipinski definition) is 3. The summed E-state index contributed by atoms with van der Waals surface area (Å²) in [4.78, 5) is 26.4. The highest BCUT2D eigenvalue weighted by atomic mass is 19.1. The van der Waals surface area contributed by atoms with Crippen LogP contribution in [0, 0.1) is 17.7 Å². The molecular formula is C18H21FN2O3. The van der Waals surface area contributed by atoms with Crippen molar-refractivity contribution in [3.8, 4) is 0 Å². The fourth-order valence-corrected chi connectivity index (χ4v) is 3.48. The normalized spacial score (nSPS) is 20.9. The van der Waals surface area contributed by atoms with Crippen LogP contribution in [0.5, 0.6) is 0 Å². The highest BCUT2D eigenvalue weighted by Gasteiger charge is 2.30. The quantitative estimate of drug-likeness (QED) is 0.787. The zero-order valence-electron chi connectivity index (χ0n) is 13.3. The van der Waals surface area contributed by atoms with Gasteiger partial charge in [0.1, 0.15) is 5.82 Å². The number of aliphatic carboxylic acids is 1. The number of carboxylic acids is 1. The average Bonchev–Trinajstić information content (AvgIpc) is 2.97. The molecule has 0 radical (unpaired) electrons. The molecule has 1 amide bonds. The molecule has 1 saturated carbocycles. The molecule has 1 aliphatic rings. The summed E-state index contributed by atoms with van der Waals surface area (Å²) in [6.07, 6.45) is 5.09. The molecular weight excluding hydrogens is 311 g/mol. The van der Waals surface area contributed by atoms with E-state index < -0.39 is 11.9 Å². The second kappa shape index (κ2) is 7.03. The van der Waals surface area contributed by atoms with Crippen molar-refractivity contribution in [2.24, 2.45) is 11.8 Å². The molecule has 2 unspecified atom stereocenters. The topological polar surface area (TPSA) is 82.2 Å². The van der Waals surface area contributed by atoms with Gasteiger partial charge in [0.25, 0.3) is 0 Å². The van der Waals surface area contributed by atoms with Gasteiger partial charge in [-0.15, -0.1) is 0 Å². The third-order valence-electron chi connectivity index (χ3n) is 4.82. The third-order valence-corrected chi connectivity index (χ3v) is 4.82. The van der Waals surface area contributed by atoms with Gasteiger partial charge in [0, 0.05) is 29.6 Å². The molecule has 3 N–H and O–H groups in total. The first-order valence-corrected chi connectivity index (χ1v) is 8.30. The molecule has 2 atom stereocenters. The monoisotopic (exact) mass is 332 g/mol. The van der Waals surface area contributed by atoms with Gasteiger partial charge in [-0.3, -0.25) is 9.59 Å². The Labute approximate surface area is 139 Å². The molecule has 1 aliphatic carbocycles. The van der Waals surface area contributed by atoms with E-state index in [2.05, 4.69) is 10.3 Å². The summed E-state index contributed by atoms with van der Waals surface area (Å²) >= 11 is 0.